The fourth-order valence-electron chi connectivity index (χ4n) is 4.84. The normalized spacial score (nSPS) is 22.7. The molecule has 2 amide bonds. The molecule has 2 aromatic rings. The van der Waals surface area contributed by atoms with Crippen LogP contribution in [0.4, 0.5) is 0 Å². The average molecular weight is 431 g/mol. The van der Waals surface area contributed by atoms with Crippen LogP contribution in [-0.2, 0) is 16.1 Å². The van der Waals surface area contributed by atoms with Crippen molar-refractivity contribution in [2.24, 2.45) is 0 Å². The topological polar surface area (TPSA) is 78.1 Å². The number of amides is 2. The largest absolute Gasteiger partial charge is 0.349 e. The highest BCUT2D eigenvalue weighted by atomic mass is 16.2. The molecular weight excluding hydrogens is 400 g/mol. The van der Waals surface area contributed by atoms with Gasteiger partial charge in [-0.3, -0.25) is 9.59 Å². The predicted octanol–water partition coefficient (Wildman–Crippen LogP) is 3.70. The quantitative estimate of drug-likeness (QED) is 0.537. The van der Waals surface area contributed by atoms with Crippen molar-refractivity contribution in [2.45, 2.75) is 64.6 Å². The zero-order valence-corrected chi connectivity index (χ0v) is 19.0. The second kappa shape index (κ2) is 9.04. The van der Waals surface area contributed by atoms with E-state index in [0.717, 1.165) is 36.3 Å². The molecule has 3 atom stereocenters. The van der Waals surface area contributed by atoms with Gasteiger partial charge < -0.3 is 14.8 Å². The molecule has 1 aliphatic carbocycles. The van der Waals surface area contributed by atoms with Crippen molar-refractivity contribution in [2.75, 3.05) is 6.54 Å². The van der Waals surface area contributed by atoms with Crippen molar-refractivity contribution in [1.29, 1.82) is 5.26 Å². The maximum atomic E-state index is 12.8. The van der Waals surface area contributed by atoms with E-state index in [0.29, 0.717) is 12.5 Å². The number of rotatable bonds is 7. The summed E-state index contributed by atoms with van der Waals surface area (Å²) in [6, 6.07) is 14.2. The number of carbonyl (C=O) groups is 2. The van der Waals surface area contributed by atoms with E-state index < -0.39 is 5.91 Å². The molecule has 6 heteroatoms. The first-order valence-corrected chi connectivity index (χ1v) is 11.4. The van der Waals surface area contributed by atoms with Crippen LogP contribution in [0, 0.1) is 25.2 Å². The predicted molar refractivity (Wildman–Crippen MR) is 124 cm³/mol. The first-order valence-electron chi connectivity index (χ1n) is 11.4. The molecule has 1 aromatic carbocycles. The SMILES string of the molecule is CCCn1c(C)cc(/C=C(/C#N)C(=O)N[C@@H]2CC(=O)N([C@@H]3C[C@H]3c3ccccc3)C2)c1C. The third-order valence-electron chi connectivity index (χ3n) is 6.60. The number of aromatic nitrogens is 1. The molecule has 2 aliphatic rings. The minimum atomic E-state index is -0.414. The van der Waals surface area contributed by atoms with E-state index in [1.54, 1.807) is 6.08 Å². The molecule has 0 radical (unpaired) electrons. The third-order valence-corrected chi connectivity index (χ3v) is 6.60. The van der Waals surface area contributed by atoms with Crippen molar-refractivity contribution in [1.82, 2.24) is 14.8 Å². The van der Waals surface area contributed by atoms with E-state index in [1.165, 1.54) is 5.56 Å². The highest BCUT2D eigenvalue weighted by Gasteiger charge is 2.48. The first kappa shape index (κ1) is 21.9. The van der Waals surface area contributed by atoms with Gasteiger partial charge in [0.25, 0.3) is 5.91 Å². The minimum Gasteiger partial charge on any atom is -0.349 e. The zero-order chi connectivity index (χ0) is 22.8. The Morgan fingerprint density at radius 2 is 2.03 bits per heavy atom. The highest BCUT2D eigenvalue weighted by molar-refractivity contribution is 6.02. The van der Waals surface area contributed by atoms with Crippen LogP contribution >= 0.6 is 0 Å². The van der Waals surface area contributed by atoms with Gasteiger partial charge in [0.2, 0.25) is 5.91 Å². The number of likely N-dealkylation sites (tertiary alicyclic amines) is 1. The van der Waals surface area contributed by atoms with E-state index in [4.69, 9.17) is 0 Å². The van der Waals surface area contributed by atoms with Crippen LogP contribution in [0.25, 0.3) is 6.08 Å². The van der Waals surface area contributed by atoms with Crippen molar-refractivity contribution in [3.8, 4) is 6.07 Å². The van der Waals surface area contributed by atoms with E-state index >= 15 is 0 Å². The number of hydrogen-bond donors (Lipinski definition) is 1. The summed E-state index contributed by atoms with van der Waals surface area (Å²) in [5.74, 6) is 0.0368. The molecule has 1 saturated heterocycles. The summed E-state index contributed by atoms with van der Waals surface area (Å²) in [6.45, 7) is 7.57. The fraction of sp³-hybridized carbons (Fsp3) is 0.423. The summed E-state index contributed by atoms with van der Waals surface area (Å²) in [5, 5.41) is 12.5. The Balaban J connectivity index is 1.40. The molecular formula is C26H30N4O2. The summed E-state index contributed by atoms with van der Waals surface area (Å²) in [6.07, 6.45) is 3.93. The number of benzene rings is 1. The van der Waals surface area contributed by atoms with E-state index in [2.05, 4.69) is 28.9 Å². The van der Waals surface area contributed by atoms with Gasteiger partial charge in [0.15, 0.2) is 0 Å². The van der Waals surface area contributed by atoms with Crippen LogP contribution in [-0.4, -0.2) is 39.9 Å². The number of carbonyl (C=O) groups excluding carboxylic acids is 2. The molecule has 2 fully saturated rings. The Bertz CT molecular complexity index is 1090. The lowest BCUT2D eigenvalue weighted by Gasteiger charge is -2.17. The Morgan fingerprint density at radius 3 is 2.72 bits per heavy atom. The van der Waals surface area contributed by atoms with Crippen molar-refractivity contribution >= 4 is 17.9 Å². The van der Waals surface area contributed by atoms with Crippen LogP contribution in [0.1, 0.15) is 54.6 Å². The standard InChI is InChI=1S/C26H30N4O2/c1-4-10-29-17(2)11-20(18(29)3)12-21(15-27)26(32)28-22-13-25(31)30(16-22)24-14-23(24)19-8-6-5-7-9-19/h5-9,11-12,22-24H,4,10,13-14,16H2,1-3H3,(H,28,32)/b21-12-/t22-,23+,24-/m1/s1. The van der Waals surface area contributed by atoms with Gasteiger partial charge in [-0.25, -0.2) is 0 Å². The van der Waals surface area contributed by atoms with Crippen molar-refractivity contribution < 1.29 is 9.59 Å². The van der Waals surface area contributed by atoms with E-state index in [1.807, 2.05) is 49.1 Å². The summed E-state index contributed by atoms with van der Waals surface area (Å²) in [4.78, 5) is 27.3. The Labute approximate surface area is 189 Å². The molecule has 4 rings (SSSR count). The molecule has 1 aliphatic heterocycles. The Morgan fingerprint density at radius 1 is 1.28 bits per heavy atom. The van der Waals surface area contributed by atoms with Gasteiger partial charge in [-0.05, 0) is 50.0 Å². The Kier molecular flexibility index (Phi) is 6.18. The highest BCUT2D eigenvalue weighted by Crippen LogP contribution is 2.45. The maximum Gasteiger partial charge on any atom is 0.262 e. The van der Waals surface area contributed by atoms with Crippen molar-refractivity contribution in [3.05, 3.63) is 64.5 Å². The number of nitrogens with zero attached hydrogens (tertiary/aromatic N) is 3. The molecule has 166 valence electrons. The maximum absolute atomic E-state index is 12.8. The average Bonchev–Trinajstić information content (AvgIpc) is 3.43. The summed E-state index contributed by atoms with van der Waals surface area (Å²) >= 11 is 0. The lowest BCUT2D eigenvalue weighted by Crippen LogP contribution is -2.38. The number of nitrogens with one attached hydrogen (secondary N) is 1. The molecule has 2 heterocycles. The zero-order valence-electron chi connectivity index (χ0n) is 19.0. The van der Waals surface area contributed by atoms with Crippen molar-refractivity contribution in [3.63, 3.8) is 0 Å². The summed E-state index contributed by atoms with van der Waals surface area (Å²) < 4.78 is 2.20. The molecule has 32 heavy (non-hydrogen) atoms. The second-order valence-electron chi connectivity index (χ2n) is 8.89. The molecule has 1 aromatic heterocycles. The van der Waals surface area contributed by atoms with Crippen LogP contribution in [0.5, 0.6) is 0 Å². The van der Waals surface area contributed by atoms with E-state index in [-0.39, 0.29) is 30.0 Å². The summed E-state index contributed by atoms with van der Waals surface area (Å²) in [7, 11) is 0. The molecule has 1 saturated carbocycles. The fourth-order valence-corrected chi connectivity index (χ4v) is 4.84. The summed E-state index contributed by atoms with van der Waals surface area (Å²) in [5.41, 5.74) is 4.38. The van der Waals surface area contributed by atoms with Gasteiger partial charge in [-0.2, -0.15) is 5.26 Å². The van der Waals surface area contributed by atoms with Crippen LogP contribution in [0.2, 0.25) is 0 Å². The van der Waals surface area contributed by atoms with Crippen LogP contribution in [0.3, 0.4) is 0 Å². The Hall–Kier alpha value is -3.33. The number of hydrogen-bond acceptors (Lipinski definition) is 3. The number of nitriles is 1. The molecule has 1 N–H and O–H groups in total. The third kappa shape index (κ3) is 4.34. The molecule has 0 unspecified atom stereocenters. The van der Waals surface area contributed by atoms with Gasteiger partial charge in [0.05, 0.1) is 6.04 Å². The molecule has 0 spiro atoms. The molecule has 0 bridgehead atoms. The first-order chi connectivity index (χ1) is 15.4. The molecule has 6 nitrogen and oxygen atoms in total. The smallest absolute Gasteiger partial charge is 0.262 e. The minimum absolute atomic E-state index is 0.0706. The monoisotopic (exact) mass is 430 g/mol. The van der Waals surface area contributed by atoms with Crippen LogP contribution < -0.4 is 5.32 Å². The lowest BCUT2D eigenvalue weighted by molar-refractivity contribution is -0.128. The second-order valence-corrected chi connectivity index (χ2v) is 8.89. The lowest BCUT2D eigenvalue weighted by atomic mass is 10.1. The van der Waals surface area contributed by atoms with Gasteiger partial charge in [0, 0.05) is 42.9 Å². The van der Waals surface area contributed by atoms with Gasteiger partial charge in [0.1, 0.15) is 11.6 Å². The van der Waals surface area contributed by atoms with E-state index in [9.17, 15) is 14.9 Å². The van der Waals surface area contributed by atoms with Gasteiger partial charge >= 0.3 is 0 Å². The van der Waals surface area contributed by atoms with Gasteiger partial charge in [-0.1, -0.05) is 37.3 Å². The van der Waals surface area contributed by atoms with Gasteiger partial charge in [-0.15, -0.1) is 0 Å². The van der Waals surface area contributed by atoms with Crippen LogP contribution in [0.15, 0.2) is 42.0 Å². The number of aryl methyl sites for hydroxylation is 1.